The molecule has 0 amide bonds. The number of halogens is 3. The molecular weight excluding hydrogens is 577 g/mol. The molecule has 224 valence electrons. The summed E-state index contributed by atoms with van der Waals surface area (Å²) >= 11 is 0. The largest absolute Gasteiger partial charge is 0.494 e. The maximum absolute atomic E-state index is 13.9. The molecule has 0 aliphatic carbocycles. The Morgan fingerprint density at radius 2 is 1.67 bits per heavy atom. The maximum atomic E-state index is 13.9. The predicted octanol–water partition coefficient (Wildman–Crippen LogP) is 4.80. The average molecular weight is 607 g/mol. The molecule has 42 heavy (non-hydrogen) atoms. The molecule has 10 nitrogen and oxygen atoms in total. The van der Waals surface area contributed by atoms with Crippen molar-refractivity contribution in [1.29, 1.82) is 0 Å². The molecule has 0 saturated carbocycles. The van der Waals surface area contributed by atoms with Crippen molar-refractivity contribution in [2.45, 2.75) is 42.7 Å². The molecule has 0 bridgehead atoms. The van der Waals surface area contributed by atoms with Crippen LogP contribution in [0.4, 0.5) is 13.2 Å². The number of aromatic nitrogens is 4. The van der Waals surface area contributed by atoms with Crippen molar-refractivity contribution in [3.8, 4) is 34.2 Å². The van der Waals surface area contributed by atoms with E-state index in [9.17, 15) is 31.5 Å². The van der Waals surface area contributed by atoms with Crippen LogP contribution in [0.25, 0.3) is 16.8 Å². The van der Waals surface area contributed by atoms with Crippen molar-refractivity contribution in [2.75, 3.05) is 14.2 Å². The van der Waals surface area contributed by atoms with Gasteiger partial charge in [-0.25, -0.2) is 8.42 Å². The summed E-state index contributed by atoms with van der Waals surface area (Å²) in [6.45, 7) is 3.90. The van der Waals surface area contributed by atoms with Crippen LogP contribution in [0.15, 0.2) is 63.2 Å². The van der Waals surface area contributed by atoms with Gasteiger partial charge in [0.15, 0.2) is 10.6 Å². The summed E-state index contributed by atoms with van der Waals surface area (Å²) in [4.78, 5) is 15.7. The number of aryl methyl sites for hydroxylation is 2. The van der Waals surface area contributed by atoms with Crippen LogP contribution in [0.1, 0.15) is 31.8 Å². The summed E-state index contributed by atoms with van der Waals surface area (Å²) in [6.07, 6.45) is -2.96. The number of hydrogen-bond acceptors (Lipinski definition) is 8. The monoisotopic (exact) mass is 606 g/mol. The Morgan fingerprint density at radius 1 is 1.05 bits per heavy atom. The number of benzene rings is 2. The van der Waals surface area contributed by atoms with Gasteiger partial charge in [-0.15, -0.1) is 0 Å². The van der Waals surface area contributed by atoms with Crippen LogP contribution in [-0.4, -0.2) is 47.1 Å². The van der Waals surface area contributed by atoms with Gasteiger partial charge in [-0.05, 0) is 42.2 Å². The third kappa shape index (κ3) is 5.71. The SMILES string of the molecule is COc1cccc(OC)c1-n1c(CCC(C)C)nc(=O)c(S(=O)(=O)c2cccc(-c3cn(C)nc3C(F)(F)F)c2)c1O. The number of alkyl halides is 3. The van der Waals surface area contributed by atoms with Gasteiger partial charge in [0, 0.05) is 25.2 Å². The summed E-state index contributed by atoms with van der Waals surface area (Å²) in [7, 11) is -0.780. The number of hydrogen-bond donors (Lipinski definition) is 1. The Balaban J connectivity index is 1.99. The van der Waals surface area contributed by atoms with E-state index in [1.807, 2.05) is 13.8 Å². The second kappa shape index (κ2) is 11.5. The van der Waals surface area contributed by atoms with Crippen molar-refractivity contribution in [2.24, 2.45) is 13.0 Å². The summed E-state index contributed by atoms with van der Waals surface area (Å²) in [5.41, 5.74) is -2.78. The Kier molecular flexibility index (Phi) is 8.39. The maximum Gasteiger partial charge on any atom is 0.435 e. The molecule has 2 aromatic carbocycles. The molecule has 0 fully saturated rings. The second-order valence-corrected chi connectivity index (χ2v) is 11.7. The number of nitrogens with zero attached hydrogens (tertiary/aromatic N) is 4. The molecule has 0 radical (unpaired) electrons. The van der Waals surface area contributed by atoms with E-state index in [-0.39, 0.29) is 46.5 Å². The number of sulfone groups is 1. The molecule has 0 aliphatic rings. The van der Waals surface area contributed by atoms with E-state index in [4.69, 9.17) is 9.47 Å². The van der Waals surface area contributed by atoms with Crippen molar-refractivity contribution in [3.63, 3.8) is 0 Å². The van der Waals surface area contributed by atoms with Gasteiger partial charge in [0.2, 0.25) is 15.7 Å². The smallest absolute Gasteiger partial charge is 0.435 e. The Morgan fingerprint density at radius 3 is 2.24 bits per heavy atom. The van der Waals surface area contributed by atoms with E-state index >= 15 is 0 Å². The summed E-state index contributed by atoms with van der Waals surface area (Å²) < 4.78 is 81.7. The number of aromatic hydroxyl groups is 1. The van der Waals surface area contributed by atoms with E-state index in [0.717, 1.165) is 27.6 Å². The first-order valence-electron chi connectivity index (χ1n) is 12.7. The van der Waals surface area contributed by atoms with Crippen LogP contribution in [0.5, 0.6) is 17.4 Å². The Labute approximate surface area is 239 Å². The highest BCUT2D eigenvalue weighted by molar-refractivity contribution is 7.91. The van der Waals surface area contributed by atoms with Gasteiger partial charge in [0.1, 0.15) is 23.0 Å². The van der Waals surface area contributed by atoms with Crippen molar-refractivity contribution in [3.05, 3.63) is 70.5 Å². The molecule has 2 heterocycles. The van der Waals surface area contributed by atoms with E-state index < -0.39 is 42.9 Å². The zero-order valence-corrected chi connectivity index (χ0v) is 24.2. The molecule has 0 atom stereocenters. The molecule has 0 spiro atoms. The molecule has 4 aromatic rings. The minimum Gasteiger partial charge on any atom is -0.494 e. The summed E-state index contributed by atoms with van der Waals surface area (Å²) in [6, 6.07) is 9.37. The van der Waals surface area contributed by atoms with Crippen LogP contribution in [0, 0.1) is 5.92 Å². The molecule has 1 N–H and O–H groups in total. The first-order valence-corrected chi connectivity index (χ1v) is 14.2. The van der Waals surface area contributed by atoms with Gasteiger partial charge in [-0.3, -0.25) is 14.0 Å². The normalized spacial score (nSPS) is 12.1. The average Bonchev–Trinajstić information content (AvgIpc) is 3.34. The minimum atomic E-state index is -4.83. The van der Waals surface area contributed by atoms with Crippen LogP contribution < -0.4 is 15.0 Å². The predicted molar refractivity (Wildman–Crippen MR) is 147 cm³/mol. The topological polar surface area (TPSA) is 126 Å². The first-order chi connectivity index (χ1) is 19.7. The number of ether oxygens (including phenoxy) is 2. The van der Waals surface area contributed by atoms with Crippen LogP contribution in [0.3, 0.4) is 0 Å². The van der Waals surface area contributed by atoms with Gasteiger partial charge in [-0.2, -0.15) is 23.3 Å². The van der Waals surface area contributed by atoms with E-state index in [2.05, 4.69) is 10.1 Å². The van der Waals surface area contributed by atoms with Crippen molar-refractivity contribution in [1.82, 2.24) is 19.3 Å². The number of para-hydroxylation sites is 1. The van der Waals surface area contributed by atoms with E-state index in [0.29, 0.717) is 6.42 Å². The lowest BCUT2D eigenvalue weighted by atomic mass is 10.1. The molecule has 2 aromatic heterocycles. The zero-order chi connectivity index (χ0) is 31.0. The Bertz CT molecular complexity index is 1770. The van der Waals surface area contributed by atoms with Crippen LogP contribution in [-0.2, 0) is 29.5 Å². The van der Waals surface area contributed by atoms with Gasteiger partial charge >= 0.3 is 6.18 Å². The standard InChI is InChI=1S/C28H29F3N4O6S/c1-16(2)12-13-22-32-26(36)24(27(37)35(22)23-20(40-4)10-7-11-21(23)41-5)42(38,39)18-9-6-8-17(14-18)19-15-34(3)33-25(19)28(29,30)31/h6-11,14-16,37H,12-13H2,1-5H3. The number of rotatable bonds is 9. The molecule has 0 unspecified atom stereocenters. The van der Waals surface area contributed by atoms with Crippen LogP contribution in [0.2, 0.25) is 0 Å². The van der Waals surface area contributed by atoms with Gasteiger partial charge in [-0.1, -0.05) is 32.0 Å². The highest BCUT2D eigenvalue weighted by atomic mass is 32.2. The lowest BCUT2D eigenvalue weighted by Gasteiger charge is -2.21. The highest BCUT2D eigenvalue weighted by Gasteiger charge is 2.38. The molecule has 0 aliphatic heterocycles. The molecule has 14 heteroatoms. The quantitative estimate of drug-likeness (QED) is 0.288. The lowest BCUT2D eigenvalue weighted by molar-refractivity contribution is -0.140. The molecule has 0 saturated heterocycles. The van der Waals surface area contributed by atoms with Crippen molar-refractivity contribution < 1.29 is 36.2 Å². The fourth-order valence-corrected chi connectivity index (χ4v) is 5.89. The van der Waals surface area contributed by atoms with E-state index in [1.54, 1.807) is 18.2 Å². The van der Waals surface area contributed by atoms with Gasteiger partial charge in [0.25, 0.3) is 5.56 Å². The molecular formula is C28H29F3N4O6S. The lowest BCUT2D eigenvalue weighted by Crippen LogP contribution is -2.25. The van der Waals surface area contributed by atoms with Crippen molar-refractivity contribution >= 4 is 9.84 Å². The molecule has 4 rings (SSSR count). The van der Waals surface area contributed by atoms with Gasteiger partial charge < -0.3 is 14.6 Å². The van der Waals surface area contributed by atoms with E-state index in [1.165, 1.54) is 33.4 Å². The summed E-state index contributed by atoms with van der Waals surface area (Å²) in [5, 5.41) is 15.0. The second-order valence-electron chi connectivity index (χ2n) is 9.86. The van der Waals surface area contributed by atoms with Gasteiger partial charge in [0.05, 0.1) is 19.1 Å². The highest BCUT2D eigenvalue weighted by Crippen LogP contribution is 2.40. The van der Waals surface area contributed by atoms with Crippen LogP contribution >= 0.6 is 0 Å². The Hall–Kier alpha value is -4.33. The fourth-order valence-electron chi connectivity index (χ4n) is 4.50. The third-order valence-electron chi connectivity index (χ3n) is 6.49. The fraction of sp³-hybridized carbons (Fsp3) is 0.321. The summed E-state index contributed by atoms with van der Waals surface area (Å²) in [5.74, 6) is -0.312. The number of methoxy groups -OCH3 is 2. The minimum absolute atomic E-state index is 0.0619. The third-order valence-corrected chi connectivity index (χ3v) is 8.26. The first kappa shape index (κ1) is 30.6. The zero-order valence-electron chi connectivity index (χ0n) is 23.4.